The van der Waals surface area contributed by atoms with Crippen molar-refractivity contribution in [1.82, 2.24) is 4.57 Å². The molecular weight excluding hydrogens is 611 g/mol. The van der Waals surface area contributed by atoms with Crippen LogP contribution in [0.25, 0.3) is 16.8 Å². The molecule has 0 unspecified atom stereocenters. The molecule has 0 N–H and O–H groups in total. The molecule has 0 bridgehead atoms. The molecule has 6 rings (SSSR count). The van der Waals surface area contributed by atoms with Crippen LogP contribution in [0, 0.1) is 11.3 Å². The van der Waals surface area contributed by atoms with Crippen molar-refractivity contribution >= 4 is 34.2 Å². The van der Waals surface area contributed by atoms with Gasteiger partial charge in [-0.05, 0) is 74.4 Å². The second-order valence-corrected chi connectivity index (χ2v) is 12.3. The molecule has 1 aliphatic heterocycles. The molecule has 4 aromatic carbocycles. The minimum absolute atomic E-state index is 0.128. The molecule has 0 aliphatic carbocycles. The highest BCUT2D eigenvalue weighted by Gasteiger charge is 2.35. The zero-order valence-electron chi connectivity index (χ0n) is 26.5. The number of nitriles is 1. The number of hydrogen-bond donors (Lipinski definition) is 0. The summed E-state index contributed by atoms with van der Waals surface area (Å²) >= 11 is 1.26. The maximum absolute atomic E-state index is 14.5. The topological polar surface area (TPSA) is 103 Å². The number of para-hydroxylation sites is 1. The summed E-state index contributed by atoms with van der Waals surface area (Å²) in [6.45, 7) is 7.84. The quantitative estimate of drug-likeness (QED) is 0.178. The van der Waals surface area contributed by atoms with Crippen LogP contribution in [0.5, 0.6) is 11.5 Å². The third-order valence-electron chi connectivity index (χ3n) is 7.78. The Labute approximate surface area is 276 Å². The van der Waals surface area contributed by atoms with Gasteiger partial charge < -0.3 is 14.2 Å². The molecule has 0 radical (unpaired) electrons. The number of fused-ring (bicyclic) bond motifs is 2. The summed E-state index contributed by atoms with van der Waals surface area (Å²) in [5.74, 6) is 0.653. The Hall–Kier alpha value is -5.46. The fraction of sp³-hybridized carbons (Fsp3) is 0.211. The first-order valence-electron chi connectivity index (χ1n) is 15.4. The standard InChI is InChI=1S/C38H33N3O5S/c1-5-44-37(43)34-24(4)40-38-41(35(34)29-12-8-9-13-32(29)46-23(2)3)36(42)33(47-38)20-30-28-11-7-6-10-27(28)18-19-31(30)45-22-26-16-14-25(21-39)15-17-26/h6-20,23,35H,5,22H2,1-4H3/b33-20-/t35-/m1/s1. The molecule has 236 valence electrons. The predicted molar refractivity (Wildman–Crippen MR) is 182 cm³/mol. The molecule has 1 aliphatic rings. The van der Waals surface area contributed by atoms with E-state index in [2.05, 4.69) is 6.07 Å². The molecule has 0 amide bonds. The van der Waals surface area contributed by atoms with Crippen molar-refractivity contribution in [3.8, 4) is 17.6 Å². The molecule has 0 saturated heterocycles. The van der Waals surface area contributed by atoms with Crippen LogP contribution in [0.3, 0.4) is 0 Å². The van der Waals surface area contributed by atoms with Crippen LogP contribution in [0.1, 0.15) is 56.0 Å². The number of rotatable bonds is 9. The molecule has 0 spiro atoms. The van der Waals surface area contributed by atoms with Gasteiger partial charge in [0.05, 0.1) is 40.1 Å². The van der Waals surface area contributed by atoms with Crippen LogP contribution < -0.4 is 24.4 Å². The maximum atomic E-state index is 14.5. The smallest absolute Gasteiger partial charge is 0.338 e. The van der Waals surface area contributed by atoms with E-state index < -0.39 is 12.0 Å². The van der Waals surface area contributed by atoms with Crippen LogP contribution in [-0.2, 0) is 16.1 Å². The van der Waals surface area contributed by atoms with E-state index in [-0.39, 0.29) is 24.9 Å². The van der Waals surface area contributed by atoms with Crippen LogP contribution in [0.15, 0.2) is 106 Å². The average Bonchev–Trinajstić information content (AvgIpc) is 3.37. The molecule has 47 heavy (non-hydrogen) atoms. The number of thiazole rings is 1. The van der Waals surface area contributed by atoms with Crippen LogP contribution in [0.2, 0.25) is 0 Å². The summed E-state index contributed by atoms with van der Waals surface area (Å²) in [5.41, 5.74) is 3.39. The highest BCUT2D eigenvalue weighted by atomic mass is 32.1. The molecule has 1 aromatic heterocycles. The number of ether oxygens (including phenoxy) is 3. The second kappa shape index (κ2) is 13.5. The Morgan fingerprint density at radius 3 is 2.51 bits per heavy atom. The van der Waals surface area contributed by atoms with E-state index in [0.29, 0.717) is 43.2 Å². The first-order valence-corrected chi connectivity index (χ1v) is 16.2. The van der Waals surface area contributed by atoms with Crippen LogP contribution in [0.4, 0.5) is 0 Å². The first kappa shape index (κ1) is 31.5. The van der Waals surface area contributed by atoms with Crippen molar-refractivity contribution < 1.29 is 19.0 Å². The monoisotopic (exact) mass is 643 g/mol. The van der Waals surface area contributed by atoms with E-state index in [9.17, 15) is 9.59 Å². The lowest BCUT2D eigenvalue weighted by atomic mass is 9.95. The summed E-state index contributed by atoms with van der Waals surface area (Å²) in [7, 11) is 0. The van der Waals surface area contributed by atoms with Gasteiger partial charge in [0.15, 0.2) is 4.80 Å². The molecule has 5 aromatic rings. The minimum Gasteiger partial charge on any atom is -0.491 e. The van der Waals surface area contributed by atoms with Gasteiger partial charge in [0.25, 0.3) is 5.56 Å². The van der Waals surface area contributed by atoms with Gasteiger partial charge in [0, 0.05) is 11.1 Å². The Morgan fingerprint density at radius 2 is 1.77 bits per heavy atom. The number of carbonyl (C=O) groups excluding carboxylic acids is 1. The third-order valence-corrected chi connectivity index (χ3v) is 8.76. The Bertz CT molecular complexity index is 2240. The van der Waals surface area contributed by atoms with Crippen LogP contribution in [-0.4, -0.2) is 23.2 Å². The lowest BCUT2D eigenvalue weighted by Gasteiger charge is -2.26. The van der Waals surface area contributed by atoms with E-state index in [1.165, 1.54) is 11.3 Å². The maximum Gasteiger partial charge on any atom is 0.338 e. The van der Waals surface area contributed by atoms with E-state index in [0.717, 1.165) is 21.9 Å². The highest BCUT2D eigenvalue weighted by molar-refractivity contribution is 7.07. The number of nitrogens with zero attached hydrogens (tertiary/aromatic N) is 3. The first-order chi connectivity index (χ1) is 22.8. The number of benzene rings is 4. The molecule has 2 heterocycles. The van der Waals surface area contributed by atoms with Gasteiger partial charge in [0.2, 0.25) is 0 Å². The van der Waals surface area contributed by atoms with Crippen molar-refractivity contribution in [2.75, 3.05) is 6.61 Å². The van der Waals surface area contributed by atoms with Crippen molar-refractivity contribution in [3.05, 3.63) is 138 Å². The van der Waals surface area contributed by atoms with Crippen molar-refractivity contribution in [1.29, 1.82) is 5.26 Å². The van der Waals surface area contributed by atoms with E-state index in [1.54, 1.807) is 30.5 Å². The SMILES string of the molecule is CCOC(=O)C1=C(C)N=c2s/c(=C\c3c(OCc4ccc(C#N)cc4)ccc4ccccc34)c(=O)n2[C@@H]1c1ccccc1OC(C)C. The lowest BCUT2D eigenvalue weighted by Crippen LogP contribution is -2.40. The largest absolute Gasteiger partial charge is 0.491 e. The minimum atomic E-state index is -0.804. The predicted octanol–water partition coefficient (Wildman–Crippen LogP) is 6.19. The number of esters is 1. The Morgan fingerprint density at radius 1 is 1.02 bits per heavy atom. The molecule has 9 heteroatoms. The lowest BCUT2D eigenvalue weighted by molar-refractivity contribution is -0.139. The zero-order valence-corrected chi connectivity index (χ0v) is 27.3. The van der Waals surface area contributed by atoms with Gasteiger partial charge in [-0.3, -0.25) is 9.36 Å². The molecule has 1 atom stereocenters. The summed E-state index contributed by atoms with van der Waals surface area (Å²) in [6, 6.07) is 27.8. The van der Waals surface area contributed by atoms with Crippen molar-refractivity contribution in [2.45, 2.75) is 46.4 Å². The third kappa shape index (κ3) is 6.33. The Balaban J connectivity index is 1.53. The second-order valence-electron chi connectivity index (χ2n) is 11.3. The number of carbonyl (C=O) groups is 1. The van der Waals surface area contributed by atoms with Gasteiger partial charge in [-0.15, -0.1) is 0 Å². The summed E-state index contributed by atoms with van der Waals surface area (Å²) in [4.78, 5) is 33.1. The average molecular weight is 644 g/mol. The van der Waals surface area contributed by atoms with Gasteiger partial charge >= 0.3 is 5.97 Å². The number of allylic oxidation sites excluding steroid dienone is 1. The molecular formula is C38H33N3O5S. The zero-order chi connectivity index (χ0) is 33.1. The number of aromatic nitrogens is 1. The Kier molecular flexibility index (Phi) is 9.05. The van der Waals surface area contributed by atoms with Gasteiger partial charge in [0.1, 0.15) is 24.1 Å². The fourth-order valence-corrected chi connectivity index (χ4v) is 6.70. The molecule has 0 fully saturated rings. The van der Waals surface area contributed by atoms with E-state index in [4.69, 9.17) is 24.5 Å². The summed E-state index contributed by atoms with van der Waals surface area (Å²) in [5, 5.41) is 11.1. The molecule has 0 saturated carbocycles. The van der Waals surface area contributed by atoms with Crippen molar-refractivity contribution in [3.63, 3.8) is 0 Å². The van der Waals surface area contributed by atoms with Gasteiger partial charge in [-0.1, -0.05) is 72.0 Å². The van der Waals surface area contributed by atoms with Crippen molar-refractivity contribution in [2.24, 2.45) is 4.99 Å². The normalized spacial score (nSPS) is 14.5. The van der Waals surface area contributed by atoms with E-state index in [1.807, 2.05) is 92.7 Å². The summed E-state index contributed by atoms with van der Waals surface area (Å²) in [6.07, 6.45) is 1.72. The van der Waals surface area contributed by atoms with Gasteiger partial charge in [-0.25, -0.2) is 9.79 Å². The molecule has 8 nitrogen and oxygen atoms in total. The van der Waals surface area contributed by atoms with E-state index >= 15 is 0 Å². The fourth-order valence-electron chi connectivity index (χ4n) is 5.67. The number of hydrogen-bond acceptors (Lipinski definition) is 8. The summed E-state index contributed by atoms with van der Waals surface area (Å²) < 4.78 is 20.0. The highest BCUT2D eigenvalue weighted by Crippen LogP contribution is 2.36. The van der Waals surface area contributed by atoms with Gasteiger partial charge in [-0.2, -0.15) is 5.26 Å². The van der Waals surface area contributed by atoms with Crippen LogP contribution >= 0.6 is 11.3 Å².